The van der Waals surface area contributed by atoms with Crippen molar-refractivity contribution in [3.63, 3.8) is 0 Å². The van der Waals surface area contributed by atoms with Crippen LogP contribution in [0.1, 0.15) is 41.8 Å². The quantitative estimate of drug-likeness (QED) is 0.289. The number of carbonyl (C=O) groups excluding carboxylic acids is 1. The number of amidine groups is 1. The number of hydrogen-bond acceptors (Lipinski definition) is 5. The van der Waals surface area contributed by atoms with E-state index in [0.717, 1.165) is 35.0 Å². The van der Waals surface area contributed by atoms with Gasteiger partial charge < -0.3 is 11.1 Å². The monoisotopic (exact) mass is 454 g/mol. The third kappa shape index (κ3) is 4.40. The maximum Gasteiger partial charge on any atom is 0.251 e. The van der Waals surface area contributed by atoms with Crippen LogP contribution in [0.25, 0.3) is 28.0 Å². The maximum absolute atomic E-state index is 12.7. The Balaban J connectivity index is 1.79. The normalized spacial score (nSPS) is 12.5. The van der Waals surface area contributed by atoms with Gasteiger partial charge in [0.1, 0.15) is 18.5 Å². The van der Waals surface area contributed by atoms with E-state index in [0.29, 0.717) is 22.5 Å². The molecule has 0 bridgehead atoms. The number of amides is 1. The molecule has 1 unspecified atom stereocenters. The van der Waals surface area contributed by atoms with Crippen molar-refractivity contribution in [1.29, 1.82) is 5.41 Å². The number of rotatable bonds is 7. The number of aromatic nitrogens is 4. The SMILES string of the molecule is CCC(C)NC(=O)c1ccc(C)c(-n2ncc3c(-c4cccc(C(N)=NC=N)c4)ncnc32)c1. The number of benzene rings is 2. The topological polar surface area (TPSA) is 135 Å². The molecule has 0 aliphatic carbocycles. The number of nitrogens with two attached hydrogens (primary N) is 1. The molecule has 2 aromatic heterocycles. The third-order valence-electron chi connectivity index (χ3n) is 5.69. The highest BCUT2D eigenvalue weighted by molar-refractivity contribution is 6.02. The molecule has 0 fully saturated rings. The van der Waals surface area contributed by atoms with E-state index in [1.807, 2.05) is 63.2 Å². The summed E-state index contributed by atoms with van der Waals surface area (Å²) >= 11 is 0. The van der Waals surface area contributed by atoms with E-state index in [1.165, 1.54) is 6.33 Å². The molecule has 1 amide bonds. The highest BCUT2D eigenvalue weighted by atomic mass is 16.1. The predicted molar refractivity (Wildman–Crippen MR) is 134 cm³/mol. The lowest BCUT2D eigenvalue weighted by molar-refractivity contribution is 0.0939. The maximum atomic E-state index is 12.7. The van der Waals surface area contributed by atoms with E-state index >= 15 is 0 Å². The minimum absolute atomic E-state index is 0.0898. The van der Waals surface area contributed by atoms with Crippen LogP contribution in [0.15, 0.2) is 60.0 Å². The zero-order valence-corrected chi connectivity index (χ0v) is 19.3. The number of fused-ring (bicyclic) bond motifs is 1. The number of nitrogens with zero attached hydrogens (tertiary/aromatic N) is 5. The van der Waals surface area contributed by atoms with Crippen molar-refractivity contribution >= 4 is 29.1 Å². The Labute approximate surface area is 197 Å². The molecular formula is C25H26N8O. The molecule has 34 heavy (non-hydrogen) atoms. The van der Waals surface area contributed by atoms with Gasteiger partial charge in [0.15, 0.2) is 5.65 Å². The molecule has 0 saturated carbocycles. The lowest BCUT2D eigenvalue weighted by atomic mass is 10.1. The Bertz CT molecular complexity index is 1410. The second-order valence-corrected chi connectivity index (χ2v) is 8.02. The first-order chi connectivity index (χ1) is 16.4. The summed E-state index contributed by atoms with van der Waals surface area (Å²) in [6, 6.07) is 13.1. The molecule has 1 atom stereocenters. The number of carbonyl (C=O) groups is 1. The summed E-state index contributed by atoms with van der Waals surface area (Å²) in [6.07, 6.45) is 4.98. The van der Waals surface area contributed by atoms with Crippen molar-refractivity contribution in [2.24, 2.45) is 10.7 Å². The number of nitrogens with one attached hydrogen (secondary N) is 2. The fourth-order valence-electron chi connectivity index (χ4n) is 3.61. The van der Waals surface area contributed by atoms with Crippen LogP contribution in [0.4, 0.5) is 0 Å². The van der Waals surface area contributed by atoms with Gasteiger partial charge in [0.2, 0.25) is 0 Å². The van der Waals surface area contributed by atoms with Crippen LogP contribution in [0.2, 0.25) is 0 Å². The van der Waals surface area contributed by atoms with Gasteiger partial charge in [-0.3, -0.25) is 10.2 Å². The largest absolute Gasteiger partial charge is 0.383 e. The Kier molecular flexibility index (Phi) is 6.44. The van der Waals surface area contributed by atoms with Crippen molar-refractivity contribution < 1.29 is 4.79 Å². The lowest BCUT2D eigenvalue weighted by Gasteiger charge is -2.13. The van der Waals surface area contributed by atoms with Crippen LogP contribution in [-0.2, 0) is 0 Å². The molecule has 0 aliphatic rings. The summed E-state index contributed by atoms with van der Waals surface area (Å²) < 4.78 is 1.73. The van der Waals surface area contributed by atoms with Crippen molar-refractivity contribution in [1.82, 2.24) is 25.1 Å². The summed E-state index contributed by atoms with van der Waals surface area (Å²) in [5, 5.41) is 15.5. The number of aliphatic imine (C=N–C) groups is 1. The van der Waals surface area contributed by atoms with Crippen molar-refractivity contribution in [2.45, 2.75) is 33.2 Å². The van der Waals surface area contributed by atoms with Crippen molar-refractivity contribution in [3.05, 3.63) is 71.7 Å². The molecule has 172 valence electrons. The fourth-order valence-corrected chi connectivity index (χ4v) is 3.61. The summed E-state index contributed by atoms with van der Waals surface area (Å²) in [6.45, 7) is 5.98. The summed E-state index contributed by atoms with van der Waals surface area (Å²) in [5.41, 5.74) is 11.1. The smallest absolute Gasteiger partial charge is 0.251 e. The average molecular weight is 455 g/mol. The van der Waals surface area contributed by atoms with Gasteiger partial charge in [0.05, 0.1) is 23.0 Å². The van der Waals surface area contributed by atoms with Crippen LogP contribution in [0, 0.1) is 12.3 Å². The molecule has 2 aromatic carbocycles. The number of hydrogen-bond donors (Lipinski definition) is 3. The van der Waals surface area contributed by atoms with Gasteiger partial charge in [-0.25, -0.2) is 19.6 Å². The van der Waals surface area contributed by atoms with Crippen molar-refractivity contribution in [2.75, 3.05) is 0 Å². The molecule has 0 spiro atoms. The third-order valence-corrected chi connectivity index (χ3v) is 5.69. The standard InChI is InChI=1S/C25H26N8O/c1-4-16(3)32-25(34)19-9-8-15(2)21(11-19)33-24-20(12-31-33)22(29-14-30-24)17-6-5-7-18(10-17)23(27)28-13-26/h5-14,16H,4H2,1-3H3,(H,32,34)(H3,26,27,28). The Morgan fingerprint density at radius 1 is 1.24 bits per heavy atom. The van der Waals surface area contributed by atoms with Crippen LogP contribution >= 0.6 is 0 Å². The summed E-state index contributed by atoms with van der Waals surface area (Å²) in [7, 11) is 0. The van der Waals surface area contributed by atoms with E-state index in [2.05, 4.69) is 25.4 Å². The minimum Gasteiger partial charge on any atom is -0.383 e. The first-order valence-electron chi connectivity index (χ1n) is 11.0. The zero-order valence-electron chi connectivity index (χ0n) is 19.3. The second-order valence-electron chi connectivity index (χ2n) is 8.02. The van der Waals surface area contributed by atoms with Gasteiger partial charge in [-0.2, -0.15) is 5.10 Å². The molecule has 4 rings (SSSR count). The van der Waals surface area contributed by atoms with Crippen LogP contribution in [0.5, 0.6) is 0 Å². The van der Waals surface area contributed by atoms with E-state index in [9.17, 15) is 4.79 Å². The Morgan fingerprint density at radius 2 is 2.06 bits per heavy atom. The van der Waals surface area contributed by atoms with Gasteiger partial charge in [-0.05, 0) is 44.0 Å². The molecular weight excluding hydrogens is 428 g/mol. The molecule has 4 aromatic rings. The summed E-state index contributed by atoms with van der Waals surface area (Å²) in [5.74, 6) is 0.129. The molecule has 0 aliphatic heterocycles. The molecule has 9 nitrogen and oxygen atoms in total. The zero-order chi connectivity index (χ0) is 24.2. The molecule has 0 radical (unpaired) electrons. The van der Waals surface area contributed by atoms with Gasteiger partial charge in [-0.1, -0.05) is 31.2 Å². The summed E-state index contributed by atoms with van der Waals surface area (Å²) in [4.78, 5) is 25.5. The van der Waals surface area contributed by atoms with Crippen LogP contribution in [-0.4, -0.2) is 43.9 Å². The Hall–Kier alpha value is -4.40. The van der Waals surface area contributed by atoms with E-state index in [-0.39, 0.29) is 17.8 Å². The minimum atomic E-state index is -0.122. The first-order valence-corrected chi connectivity index (χ1v) is 11.0. The van der Waals surface area contributed by atoms with Gasteiger partial charge >= 0.3 is 0 Å². The van der Waals surface area contributed by atoms with E-state index in [4.69, 9.17) is 11.1 Å². The molecule has 2 heterocycles. The van der Waals surface area contributed by atoms with Gasteiger partial charge in [-0.15, -0.1) is 0 Å². The predicted octanol–water partition coefficient (Wildman–Crippen LogP) is 3.63. The van der Waals surface area contributed by atoms with Crippen LogP contribution in [0.3, 0.4) is 0 Å². The van der Waals surface area contributed by atoms with E-state index < -0.39 is 0 Å². The number of aryl methyl sites for hydroxylation is 1. The molecule has 4 N–H and O–H groups in total. The molecule has 9 heteroatoms. The van der Waals surface area contributed by atoms with Gasteiger partial charge in [0.25, 0.3) is 5.91 Å². The highest BCUT2D eigenvalue weighted by Crippen LogP contribution is 2.28. The lowest BCUT2D eigenvalue weighted by Crippen LogP contribution is -2.32. The second kappa shape index (κ2) is 9.62. The fraction of sp³-hybridized carbons (Fsp3) is 0.200. The highest BCUT2D eigenvalue weighted by Gasteiger charge is 2.17. The van der Waals surface area contributed by atoms with E-state index in [1.54, 1.807) is 10.9 Å². The van der Waals surface area contributed by atoms with Crippen molar-refractivity contribution in [3.8, 4) is 16.9 Å². The van der Waals surface area contributed by atoms with Gasteiger partial charge in [0, 0.05) is 22.7 Å². The first kappa shape index (κ1) is 22.8. The van der Waals surface area contributed by atoms with Crippen LogP contribution < -0.4 is 11.1 Å². The Morgan fingerprint density at radius 3 is 2.82 bits per heavy atom. The molecule has 0 saturated heterocycles. The average Bonchev–Trinajstić information content (AvgIpc) is 3.28.